The number of nitrogen functional groups attached to an aromatic ring is 1. The number of sulfone groups is 1. The van der Waals surface area contributed by atoms with Crippen LogP contribution in [0.4, 0.5) is 5.69 Å². The smallest absolute Gasteiger partial charge is 0.157 e. The Morgan fingerprint density at radius 2 is 1.88 bits per heavy atom. The van der Waals surface area contributed by atoms with Crippen molar-refractivity contribution in [1.82, 2.24) is 0 Å². The lowest BCUT2D eigenvalue weighted by atomic mass is 10.2. The van der Waals surface area contributed by atoms with E-state index in [0.717, 1.165) is 5.56 Å². The molecular weight excluding hydrogens is 222 g/mol. The molecule has 1 aromatic carbocycles. The first-order chi connectivity index (χ1) is 7.33. The van der Waals surface area contributed by atoms with Gasteiger partial charge < -0.3 is 5.73 Å². The molecule has 0 fully saturated rings. The molecule has 1 rings (SSSR count). The number of nitrogens with two attached hydrogens (primary N) is 1. The Bertz CT molecular complexity index is 452. The SMILES string of the molecule is CC(C)C(C)S(=O)(=O)Cc1cccc(N)c1. The number of benzene rings is 1. The molecule has 1 aromatic rings. The van der Waals surface area contributed by atoms with Crippen LogP contribution in [0.5, 0.6) is 0 Å². The van der Waals surface area contributed by atoms with Crippen LogP contribution in [-0.4, -0.2) is 13.7 Å². The molecule has 0 aliphatic heterocycles. The van der Waals surface area contributed by atoms with Crippen LogP contribution in [0.2, 0.25) is 0 Å². The highest BCUT2D eigenvalue weighted by Gasteiger charge is 2.23. The summed E-state index contributed by atoms with van der Waals surface area (Å²) in [6, 6.07) is 7.04. The molecule has 0 saturated carbocycles. The summed E-state index contributed by atoms with van der Waals surface area (Å²) in [6.45, 7) is 5.59. The van der Waals surface area contributed by atoms with E-state index in [1.54, 1.807) is 31.2 Å². The van der Waals surface area contributed by atoms with E-state index in [4.69, 9.17) is 5.73 Å². The minimum absolute atomic E-state index is 0.0669. The molecule has 4 heteroatoms. The predicted octanol–water partition coefficient (Wildman–Crippen LogP) is 2.23. The summed E-state index contributed by atoms with van der Waals surface area (Å²) in [5, 5.41) is -0.325. The Morgan fingerprint density at radius 1 is 1.25 bits per heavy atom. The zero-order valence-electron chi connectivity index (χ0n) is 9.97. The molecule has 1 unspecified atom stereocenters. The van der Waals surface area contributed by atoms with Crippen molar-refractivity contribution in [2.45, 2.75) is 31.8 Å². The molecule has 0 heterocycles. The van der Waals surface area contributed by atoms with E-state index >= 15 is 0 Å². The maximum Gasteiger partial charge on any atom is 0.157 e. The molecule has 0 aromatic heterocycles. The lowest BCUT2D eigenvalue weighted by molar-refractivity contribution is 0.545. The standard InChI is InChI=1S/C12H19NO2S/c1-9(2)10(3)16(14,15)8-11-5-4-6-12(13)7-11/h4-7,9-10H,8,13H2,1-3H3. The van der Waals surface area contributed by atoms with Crippen molar-refractivity contribution in [3.8, 4) is 0 Å². The fourth-order valence-corrected chi connectivity index (χ4v) is 3.20. The predicted molar refractivity (Wildman–Crippen MR) is 67.8 cm³/mol. The zero-order chi connectivity index (χ0) is 12.3. The van der Waals surface area contributed by atoms with Gasteiger partial charge in [0.2, 0.25) is 0 Å². The Labute approximate surface area is 97.6 Å². The lowest BCUT2D eigenvalue weighted by Gasteiger charge is -2.16. The average molecular weight is 241 g/mol. The van der Waals surface area contributed by atoms with Crippen molar-refractivity contribution < 1.29 is 8.42 Å². The first-order valence-electron chi connectivity index (χ1n) is 5.39. The minimum atomic E-state index is -3.08. The first kappa shape index (κ1) is 13.0. The van der Waals surface area contributed by atoms with Crippen LogP contribution in [0, 0.1) is 5.92 Å². The number of rotatable bonds is 4. The van der Waals surface area contributed by atoms with Crippen LogP contribution in [0.25, 0.3) is 0 Å². The van der Waals surface area contributed by atoms with Crippen molar-refractivity contribution in [3.63, 3.8) is 0 Å². The van der Waals surface area contributed by atoms with Gasteiger partial charge in [-0.05, 0) is 30.5 Å². The molecule has 16 heavy (non-hydrogen) atoms. The van der Waals surface area contributed by atoms with Crippen LogP contribution in [-0.2, 0) is 15.6 Å². The van der Waals surface area contributed by atoms with Crippen molar-refractivity contribution in [1.29, 1.82) is 0 Å². The summed E-state index contributed by atoms with van der Waals surface area (Å²) in [5.41, 5.74) is 6.98. The van der Waals surface area contributed by atoms with E-state index in [0.29, 0.717) is 5.69 Å². The largest absolute Gasteiger partial charge is 0.399 e. The van der Waals surface area contributed by atoms with Gasteiger partial charge in [-0.15, -0.1) is 0 Å². The Balaban J connectivity index is 2.89. The average Bonchev–Trinajstić information content (AvgIpc) is 2.15. The van der Waals surface area contributed by atoms with Gasteiger partial charge in [-0.25, -0.2) is 8.42 Å². The molecular formula is C12H19NO2S. The second-order valence-corrected chi connectivity index (χ2v) is 6.86. The summed E-state index contributed by atoms with van der Waals surface area (Å²) in [5.74, 6) is 0.197. The monoisotopic (exact) mass is 241 g/mol. The van der Waals surface area contributed by atoms with Crippen LogP contribution < -0.4 is 5.73 Å². The van der Waals surface area contributed by atoms with E-state index in [2.05, 4.69) is 0 Å². The number of anilines is 1. The van der Waals surface area contributed by atoms with Gasteiger partial charge in [0, 0.05) is 5.69 Å². The van der Waals surface area contributed by atoms with Crippen LogP contribution in [0.15, 0.2) is 24.3 Å². The maximum absolute atomic E-state index is 12.0. The summed E-state index contributed by atoms with van der Waals surface area (Å²) < 4.78 is 24.0. The van der Waals surface area contributed by atoms with Crippen molar-refractivity contribution >= 4 is 15.5 Å². The van der Waals surface area contributed by atoms with Gasteiger partial charge in [-0.3, -0.25) is 0 Å². The van der Waals surface area contributed by atoms with Gasteiger partial charge in [0.05, 0.1) is 11.0 Å². The normalized spacial score (nSPS) is 14.0. The van der Waals surface area contributed by atoms with E-state index in [9.17, 15) is 8.42 Å². The van der Waals surface area contributed by atoms with Crippen LogP contribution in [0.3, 0.4) is 0 Å². The van der Waals surface area contributed by atoms with E-state index in [1.165, 1.54) is 0 Å². The van der Waals surface area contributed by atoms with E-state index < -0.39 is 9.84 Å². The second kappa shape index (κ2) is 4.87. The fourth-order valence-electron chi connectivity index (χ4n) is 1.46. The highest BCUT2D eigenvalue weighted by atomic mass is 32.2. The maximum atomic E-state index is 12.0. The summed E-state index contributed by atoms with van der Waals surface area (Å²) >= 11 is 0. The number of hydrogen-bond acceptors (Lipinski definition) is 3. The molecule has 3 nitrogen and oxygen atoms in total. The molecule has 2 N–H and O–H groups in total. The molecule has 0 aliphatic carbocycles. The summed E-state index contributed by atoms with van der Waals surface area (Å²) in [6.07, 6.45) is 0. The van der Waals surface area contributed by atoms with Gasteiger partial charge in [-0.2, -0.15) is 0 Å². The van der Waals surface area contributed by atoms with E-state index in [-0.39, 0.29) is 16.9 Å². The first-order valence-corrected chi connectivity index (χ1v) is 7.10. The third-order valence-corrected chi connectivity index (χ3v) is 5.24. The highest BCUT2D eigenvalue weighted by Crippen LogP contribution is 2.18. The van der Waals surface area contributed by atoms with Gasteiger partial charge in [-0.1, -0.05) is 26.0 Å². The molecule has 0 radical (unpaired) electrons. The topological polar surface area (TPSA) is 60.2 Å². The molecule has 0 spiro atoms. The number of hydrogen-bond donors (Lipinski definition) is 1. The molecule has 90 valence electrons. The highest BCUT2D eigenvalue weighted by molar-refractivity contribution is 7.91. The van der Waals surface area contributed by atoms with Crippen LogP contribution in [0.1, 0.15) is 26.3 Å². The summed E-state index contributed by atoms with van der Waals surface area (Å²) in [4.78, 5) is 0. The van der Waals surface area contributed by atoms with Gasteiger partial charge >= 0.3 is 0 Å². The Hall–Kier alpha value is -1.03. The molecule has 0 amide bonds. The fraction of sp³-hybridized carbons (Fsp3) is 0.500. The van der Waals surface area contributed by atoms with Crippen molar-refractivity contribution in [3.05, 3.63) is 29.8 Å². The quantitative estimate of drug-likeness (QED) is 0.822. The van der Waals surface area contributed by atoms with Gasteiger partial charge in [0.25, 0.3) is 0 Å². The molecule has 1 atom stereocenters. The lowest BCUT2D eigenvalue weighted by Crippen LogP contribution is -2.24. The molecule has 0 saturated heterocycles. The summed E-state index contributed by atoms with van der Waals surface area (Å²) in [7, 11) is -3.08. The van der Waals surface area contributed by atoms with E-state index in [1.807, 2.05) is 13.8 Å². The Morgan fingerprint density at radius 3 is 2.38 bits per heavy atom. The van der Waals surface area contributed by atoms with Crippen molar-refractivity contribution in [2.24, 2.45) is 5.92 Å². The van der Waals surface area contributed by atoms with Gasteiger partial charge in [0.15, 0.2) is 9.84 Å². The second-order valence-electron chi connectivity index (χ2n) is 4.50. The van der Waals surface area contributed by atoms with Crippen LogP contribution >= 0.6 is 0 Å². The molecule has 0 aliphatic rings. The zero-order valence-corrected chi connectivity index (χ0v) is 10.8. The third-order valence-electron chi connectivity index (χ3n) is 2.82. The molecule has 0 bridgehead atoms. The minimum Gasteiger partial charge on any atom is -0.399 e. The van der Waals surface area contributed by atoms with Crippen molar-refractivity contribution in [2.75, 3.05) is 5.73 Å². The Kier molecular flexibility index (Phi) is 3.97. The third kappa shape index (κ3) is 3.23. The van der Waals surface area contributed by atoms with Gasteiger partial charge in [0.1, 0.15) is 0 Å².